The van der Waals surface area contributed by atoms with Crippen LogP contribution >= 0.6 is 23.1 Å². The monoisotopic (exact) mass is 488 g/mol. The maximum atomic E-state index is 15.0. The highest BCUT2D eigenvalue weighted by Gasteiger charge is 2.22. The molecule has 0 radical (unpaired) electrons. The molecule has 11 heteroatoms. The van der Waals surface area contributed by atoms with Crippen LogP contribution in [0.25, 0.3) is 0 Å². The number of nitrogens with one attached hydrogen (secondary N) is 2. The Morgan fingerprint density at radius 2 is 2.06 bits per heavy atom. The van der Waals surface area contributed by atoms with Crippen LogP contribution in [0.15, 0.2) is 45.9 Å². The molecule has 1 fully saturated rings. The first-order valence-corrected chi connectivity index (χ1v) is 12.3. The van der Waals surface area contributed by atoms with Gasteiger partial charge in [0.05, 0.1) is 21.0 Å². The van der Waals surface area contributed by atoms with E-state index in [1.807, 2.05) is 19.1 Å². The van der Waals surface area contributed by atoms with E-state index in [9.17, 15) is 4.79 Å². The maximum Gasteiger partial charge on any atom is 0.407 e. The van der Waals surface area contributed by atoms with E-state index in [1.54, 1.807) is 24.7 Å². The number of carbonyl (C=O) groups is 1. The molecule has 8 nitrogen and oxygen atoms in total. The maximum absolute atomic E-state index is 15.0. The van der Waals surface area contributed by atoms with Gasteiger partial charge in [0.2, 0.25) is 0 Å². The number of likely N-dealkylation sites (tertiary alicyclic amines) is 1. The summed E-state index contributed by atoms with van der Waals surface area (Å²) in [5, 5.41) is 16.2. The number of piperidine rings is 1. The van der Waals surface area contributed by atoms with Gasteiger partial charge in [0, 0.05) is 32.0 Å². The standard InChI is InChI=1S/C22H25FN6O2S2/c1-14-2-6-26-18(10-14)28-21-27-13-19(33-21)32-17-3-7-25-16(20(17)23)12-24-11-15-4-8-29(9-5-15)22(30)31/h2-3,6-7,10,13,15,24H,4-5,8-9,11-12H2,1H3,(H,30,31)(H,26,27,28). The Bertz CT molecular complexity index is 1100. The van der Waals surface area contributed by atoms with Crippen molar-refractivity contribution in [2.24, 2.45) is 5.92 Å². The van der Waals surface area contributed by atoms with Crippen LogP contribution in [-0.2, 0) is 6.54 Å². The van der Waals surface area contributed by atoms with E-state index in [2.05, 4.69) is 25.6 Å². The van der Waals surface area contributed by atoms with Crippen molar-refractivity contribution in [1.29, 1.82) is 0 Å². The fraction of sp³-hybridized carbons (Fsp3) is 0.364. The number of amides is 1. The van der Waals surface area contributed by atoms with Crippen molar-refractivity contribution in [2.45, 2.75) is 35.4 Å². The molecule has 1 aliphatic heterocycles. The molecule has 3 N–H and O–H groups in total. The van der Waals surface area contributed by atoms with E-state index in [4.69, 9.17) is 5.11 Å². The van der Waals surface area contributed by atoms with Crippen LogP contribution < -0.4 is 10.6 Å². The lowest BCUT2D eigenvalue weighted by molar-refractivity contribution is 0.124. The second kappa shape index (κ2) is 10.9. The minimum absolute atomic E-state index is 0.327. The zero-order valence-electron chi connectivity index (χ0n) is 18.1. The predicted octanol–water partition coefficient (Wildman–Crippen LogP) is 4.76. The highest BCUT2D eigenvalue weighted by molar-refractivity contribution is 8.01. The lowest BCUT2D eigenvalue weighted by atomic mass is 9.97. The van der Waals surface area contributed by atoms with E-state index in [-0.39, 0.29) is 5.82 Å². The van der Waals surface area contributed by atoms with Gasteiger partial charge >= 0.3 is 6.09 Å². The summed E-state index contributed by atoms with van der Waals surface area (Å²) in [6, 6.07) is 5.53. The molecule has 3 aromatic heterocycles. The van der Waals surface area contributed by atoms with Gasteiger partial charge in [-0.3, -0.25) is 4.98 Å². The Kier molecular flexibility index (Phi) is 7.73. The number of rotatable bonds is 8. The minimum Gasteiger partial charge on any atom is -0.465 e. The topological polar surface area (TPSA) is 103 Å². The van der Waals surface area contributed by atoms with Gasteiger partial charge in [-0.25, -0.2) is 19.2 Å². The number of carboxylic acid groups (broad SMARTS) is 1. The van der Waals surface area contributed by atoms with Crippen molar-refractivity contribution < 1.29 is 14.3 Å². The Balaban J connectivity index is 1.30. The van der Waals surface area contributed by atoms with Crippen LogP contribution in [-0.4, -0.2) is 50.7 Å². The summed E-state index contributed by atoms with van der Waals surface area (Å²) in [6.45, 7) is 4.13. The van der Waals surface area contributed by atoms with Gasteiger partial charge in [-0.05, 0) is 56.0 Å². The SMILES string of the molecule is Cc1ccnc(Nc2ncc(Sc3ccnc(CNCC4CCN(C(=O)O)CC4)c3F)s2)c1. The molecule has 4 heterocycles. The quantitative estimate of drug-likeness (QED) is 0.417. The fourth-order valence-corrected chi connectivity index (χ4v) is 5.47. The van der Waals surface area contributed by atoms with Crippen LogP contribution in [0, 0.1) is 18.7 Å². The molecule has 0 atom stereocenters. The number of hydrogen-bond donors (Lipinski definition) is 3. The molecule has 0 bridgehead atoms. The van der Waals surface area contributed by atoms with Crippen LogP contribution in [0.1, 0.15) is 24.1 Å². The Morgan fingerprint density at radius 1 is 1.27 bits per heavy atom. The van der Waals surface area contributed by atoms with Crippen LogP contribution in [0.2, 0.25) is 0 Å². The number of pyridine rings is 2. The van der Waals surface area contributed by atoms with Gasteiger partial charge < -0.3 is 20.6 Å². The number of hydrogen-bond acceptors (Lipinski definition) is 8. The number of thiazole rings is 1. The third-order valence-electron chi connectivity index (χ3n) is 5.38. The molecular formula is C22H25FN6O2S2. The van der Waals surface area contributed by atoms with Crippen molar-refractivity contribution in [3.05, 3.63) is 53.9 Å². The van der Waals surface area contributed by atoms with E-state index in [1.165, 1.54) is 28.0 Å². The summed E-state index contributed by atoms with van der Waals surface area (Å²) >= 11 is 2.75. The molecule has 0 aromatic carbocycles. The first kappa shape index (κ1) is 23.4. The van der Waals surface area contributed by atoms with Crippen molar-refractivity contribution >= 4 is 40.1 Å². The number of anilines is 2. The molecule has 3 aromatic rings. The number of aromatic nitrogens is 3. The Hall–Kier alpha value is -2.76. The average molecular weight is 489 g/mol. The molecule has 0 spiro atoms. The second-order valence-corrected chi connectivity index (χ2v) is 10.2. The van der Waals surface area contributed by atoms with Gasteiger partial charge in [-0.15, -0.1) is 0 Å². The van der Waals surface area contributed by atoms with Crippen molar-refractivity contribution in [1.82, 2.24) is 25.2 Å². The largest absolute Gasteiger partial charge is 0.465 e. The summed E-state index contributed by atoms with van der Waals surface area (Å²) in [4.78, 5) is 25.8. The summed E-state index contributed by atoms with van der Waals surface area (Å²) in [5.74, 6) is 0.768. The van der Waals surface area contributed by atoms with Gasteiger partial charge in [-0.1, -0.05) is 23.1 Å². The molecule has 1 saturated heterocycles. The molecule has 0 unspecified atom stereocenters. The highest BCUT2D eigenvalue weighted by atomic mass is 32.2. The summed E-state index contributed by atoms with van der Waals surface area (Å²) in [6.07, 6.45) is 5.83. The van der Waals surface area contributed by atoms with E-state index < -0.39 is 6.09 Å². The summed E-state index contributed by atoms with van der Waals surface area (Å²) in [5.41, 5.74) is 1.47. The highest BCUT2D eigenvalue weighted by Crippen LogP contribution is 2.36. The van der Waals surface area contributed by atoms with Gasteiger partial charge in [0.25, 0.3) is 0 Å². The molecule has 174 valence electrons. The minimum atomic E-state index is -0.863. The van der Waals surface area contributed by atoms with E-state index in [0.29, 0.717) is 47.8 Å². The molecule has 4 rings (SSSR count). The molecule has 0 saturated carbocycles. The van der Waals surface area contributed by atoms with Crippen molar-refractivity contribution in [2.75, 3.05) is 25.0 Å². The lowest BCUT2D eigenvalue weighted by Crippen LogP contribution is -2.40. The van der Waals surface area contributed by atoms with Crippen molar-refractivity contribution in [3.8, 4) is 0 Å². The Morgan fingerprint density at radius 3 is 2.82 bits per heavy atom. The summed E-state index contributed by atoms with van der Waals surface area (Å²) in [7, 11) is 0. The molecular weight excluding hydrogens is 463 g/mol. The van der Waals surface area contributed by atoms with Crippen LogP contribution in [0.5, 0.6) is 0 Å². The molecule has 0 aliphatic carbocycles. The second-order valence-electron chi connectivity index (χ2n) is 7.84. The third kappa shape index (κ3) is 6.40. The number of nitrogens with zero attached hydrogens (tertiary/aromatic N) is 4. The van der Waals surface area contributed by atoms with Gasteiger partial charge in [0.15, 0.2) is 10.9 Å². The van der Waals surface area contributed by atoms with Crippen molar-refractivity contribution in [3.63, 3.8) is 0 Å². The smallest absolute Gasteiger partial charge is 0.407 e. The van der Waals surface area contributed by atoms with Gasteiger partial charge in [0.1, 0.15) is 5.82 Å². The number of aryl methyl sites for hydroxylation is 1. The average Bonchev–Trinajstić information content (AvgIpc) is 3.23. The molecule has 1 amide bonds. The predicted molar refractivity (Wildman–Crippen MR) is 127 cm³/mol. The van der Waals surface area contributed by atoms with E-state index in [0.717, 1.165) is 28.4 Å². The lowest BCUT2D eigenvalue weighted by Gasteiger charge is -2.30. The first-order chi connectivity index (χ1) is 16.0. The molecule has 33 heavy (non-hydrogen) atoms. The van der Waals surface area contributed by atoms with E-state index >= 15 is 4.39 Å². The zero-order chi connectivity index (χ0) is 23.2. The summed E-state index contributed by atoms with van der Waals surface area (Å²) < 4.78 is 15.9. The Labute approximate surface area is 199 Å². The van der Waals surface area contributed by atoms with Crippen LogP contribution in [0.4, 0.5) is 20.1 Å². The zero-order valence-corrected chi connectivity index (χ0v) is 19.8. The fourth-order valence-electron chi connectivity index (χ4n) is 3.58. The van der Waals surface area contributed by atoms with Gasteiger partial charge in [-0.2, -0.15) is 0 Å². The first-order valence-electron chi connectivity index (χ1n) is 10.6. The molecule has 1 aliphatic rings. The normalized spacial score (nSPS) is 14.4. The third-order valence-corrected chi connectivity index (χ3v) is 7.43. The van der Waals surface area contributed by atoms with Crippen LogP contribution in [0.3, 0.4) is 0 Å². The number of halogens is 1.